The second kappa shape index (κ2) is 7.02. The maximum atomic E-state index is 13.1. The number of phenols is 1. The molecule has 1 aliphatic heterocycles. The van der Waals surface area contributed by atoms with E-state index in [2.05, 4.69) is 0 Å². The summed E-state index contributed by atoms with van der Waals surface area (Å²) in [6.07, 6.45) is 3.98. The molecule has 1 heterocycles. The van der Waals surface area contributed by atoms with Gasteiger partial charge in [-0.25, -0.2) is 0 Å². The predicted molar refractivity (Wildman–Crippen MR) is 114 cm³/mol. The summed E-state index contributed by atoms with van der Waals surface area (Å²) in [6.45, 7) is 1.62. The number of carbonyl (C=O) groups is 4. The number of allylic oxidation sites excluding steroid dienone is 6. The molecule has 0 saturated carbocycles. The average molecular weight is 433 g/mol. The number of likely N-dealkylation sites (tertiary alicyclic amines) is 1. The number of phenolic OH excluding ortho intramolecular Hbond substituents is 1. The highest BCUT2D eigenvalue weighted by atomic mass is 16.5. The first-order valence-corrected chi connectivity index (χ1v) is 10.6. The Balaban J connectivity index is 1.71. The van der Waals surface area contributed by atoms with Crippen molar-refractivity contribution in [2.45, 2.75) is 25.7 Å². The molecule has 4 atom stereocenters. The van der Waals surface area contributed by atoms with Gasteiger partial charge in [-0.2, -0.15) is 0 Å². The highest BCUT2D eigenvalue weighted by Gasteiger charge is 2.55. The summed E-state index contributed by atoms with van der Waals surface area (Å²) in [5.41, 5.74) is 2.68. The van der Waals surface area contributed by atoms with Gasteiger partial charge in [0.25, 0.3) is 0 Å². The van der Waals surface area contributed by atoms with E-state index in [0.29, 0.717) is 34.5 Å². The quantitative estimate of drug-likeness (QED) is 0.437. The topological polar surface area (TPSA) is 101 Å². The van der Waals surface area contributed by atoms with E-state index in [1.165, 1.54) is 25.1 Å². The van der Waals surface area contributed by atoms with Crippen LogP contribution in [0, 0.1) is 17.8 Å². The van der Waals surface area contributed by atoms with Gasteiger partial charge in [0, 0.05) is 29.7 Å². The maximum absolute atomic E-state index is 13.1. The van der Waals surface area contributed by atoms with Crippen molar-refractivity contribution in [1.29, 1.82) is 0 Å². The molecule has 1 fully saturated rings. The van der Waals surface area contributed by atoms with E-state index in [4.69, 9.17) is 4.74 Å². The largest absolute Gasteiger partial charge is 0.504 e. The van der Waals surface area contributed by atoms with Gasteiger partial charge in [0.15, 0.2) is 23.1 Å². The number of fused-ring (bicyclic) bond motifs is 3. The van der Waals surface area contributed by atoms with Gasteiger partial charge in [-0.1, -0.05) is 17.7 Å². The molecule has 0 spiro atoms. The number of hydrogen-bond acceptors (Lipinski definition) is 6. The molecular weight excluding hydrogens is 410 g/mol. The first-order valence-electron chi connectivity index (χ1n) is 10.6. The Kier molecular flexibility index (Phi) is 4.48. The van der Waals surface area contributed by atoms with Crippen LogP contribution in [-0.4, -0.2) is 47.5 Å². The SMILES string of the molecule is COc1ccc([C@H]2C3=CC[C@@H]4C(=O)N(C)C(=O)[C@@H]4[C@@H]3CC3=C2C(=O)C=C(C)C3=O)cc1O. The Bertz CT molecular complexity index is 1200. The molecule has 0 unspecified atom stereocenters. The molecule has 1 aromatic carbocycles. The molecule has 3 aliphatic carbocycles. The summed E-state index contributed by atoms with van der Waals surface area (Å²) in [5, 5.41) is 10.4. The number of aromatic hydroxyl groups is 1. The lowest BCUT2D eigenvalue weighted by molar-refractivity contribution is -0.138. The van der Waals surface area contributed by atoms with Gasteiger partial charge < -0.3 is 9.84 Å². The van der Waals surface area contributed by atoms with Crippen LogP contribution in [-0.2, 0) is 19.2 Å². The Morgan fingerprint density at radius 1 is 1.09 bits per heavy atom. The Hall–Kier alpha value is -3.48. The van der Waals surface area contributed by atoms with E-state index in [-0.39, 0.29) is 41.5 Å². The molecular formula is C25H23NO6. The molecule has 7 nitrogen and oxygen atoms in total. The lowest BCUT2D eigenvalue weighted by Crippen LogP contribution is -2.39. The lowest BCUT2D eigenvalue weighted by Gasteiger charge is -2.42. The smallest absolute Gasteiger partial charge is 0.233 e. The van der Waals surface area contributed by atoms with E-state index in [9.17, 15) is 24.3 Å². The van der Waals surface area contributed by atoms with Crippen LogP contribution in [0.1, 0.15) is 31.2 Å². The van der Waals surface area contributed by atoms with Gasteiger partial charge in [-0.05, 0) is 49.5 Å². The minimum absolute atomic E-state index is 0.0725. The van der Waals surface area contributed by atoms with Crippen LogP contribution >= 0.6 is 0 Å². The van der Waals surface area contributed by atoms with Crippen molar-refractivity contribution < 1.29 is 29.0 Å². The second-order valence-corrected chi connectivity index (χ2v) is 8.90. The van der Waals surface area contributed by atoms with Gasteiger partial charge in [0.1, 0.15) is 0 Å². The number of benzene rings is 1. The number of ketones is 2. The molecule has 7 heteroatoms. The molecule has 164 valence electrons. The first kappa shape index (κ1) is 20.4. The normalized spacial score (nSPS) is 29.4. The van der Waals surface area contributed by atoms with E-state index < -0.39 is 17.8 Å². The van der Waals surface area contributed by atoms with E-state index >= 15 is 0 Å². The molecule has 1 aromatic rings. The van der Waals surface area contributed by atoms with Crippen LogP contribution in [0.2, 0.25) is 0 Å². The fourth-order valence-corrected chi connectivity index (χ4v) is 5.81. The van der Waals surface area contributed by atoms with Crippen molar-refractivity contribution in [2.24, 2.45) is 17.8 Å². The zero-order chi connectivity index (χ0) is 22.9. The van der Waals surface area contributed by atoms with Crippen LogP contribution < -0.4 is 4.74 Å². The summed E-state index contributed by atoms with van der Waals surface area (Å²) in [5.74, 6) is -2.57. The van der Waals surface area contributed by atoms with E-state index in [1.807, 2.05) is 6.08 Å². The number of amides is 2. The Morgan fingerprint density at radius 2 is 1.84 bits per heavy atom. The van der Waals surface area contributed by atoms with Crippen LogP contribution in [0.5, 0.6) is 11.5 Å². The molecule has 0 bridgehead atoms. The number of Topliss-reactive ketones (excluding diaryl/α,β-unsaturated/α-hetero) is 1. The average Bonchev–Trinajstić information content (AvgIpc) is 3.00. The monoisotopic (exact) mass is 433 g/mol. The molecule has 32 heavy (non-hydrogen) atoms. The zero-order valence-corrected chi connectivity index (χ0v) is 18.0. The van der Waals surface area contributed by atoms with Gasteiger partial charge in [-0.3, -0.25) is 24.1 Å². The van der Waals surface area contributed by atoms with Crippen LogP contribution in [0.15, 0.2) is 52.6 Å². The number of imide groups is 1. The summed E-state index contributed by atoms with van der Waals surface area (Å²) in [6, 6.07) is 4.93. The number of carbonyl (C=O) groups excluding carboxylic acids is 4. The summed E-state index contributed by atoms with van der Waals surface area (Å²) in [4.78, 5) is 53.0. The van der Waals surface area contributed by atoms with E-state index in [0.717, 1.165) is 5.57 Å². The standard InChI is InChI=1S/C25H23NO6/c1-11-8-18(28)22-16(23(11)29)10-15-13(5-6-14-21(15)25(31)26(2)24(14)30)20(22)12-4-7-19(32-3)17(27)9-12/h4-5,7-9,14-15,20-21,27H,6,10H2,1-3H3/t14-,15+,20-,21-/m0/s1. The summed E-state index contributed by atoms with van der Waals surface area (Å²) in [7, 11) is 2.95. The number of ether oxygens (including phenoxy) is 1. The third kappa shape index (κ3) is 2.66. The van der Waals surface area contributed by atoms with Gasteiger partial charge in [-0.15, -0.1) is 0 Å². The second-order valence-electron chi connectivity index (χ2n) is 8.90. The van der Waals surface area contributed by atoms with Crippen molar-refractivity contribution in [3.8, 4) is 11.5 Å². The number of nitrogens with zero attached hydrogens (tertiary/aromatic N) is 1. The summed E-state index contributed by atoms with van der Waals surface area (Å²) < 4.78 is 5.15. The lowest BCUT2D eigenvalue weighted by atomic mass is 9.59. The number of hydrogen-bond donors (Lipinski definition) is 1. The minimum Gasteiger partial charge on any atom is -0.504 e. The fourth-order valence-electron chi connectivity index (χ4n) is 5.81. The number of rotatable bonds is 2. The minimum atomic E-state index is -0.573. The van der Waals surface area contributed by atoms with Crippen LogP contribution in [0.3, 0.4) is 0 Å². The highest BCUT2D eigenvalue weighted by Crippen LogP contribution is 2.55. The Morgan fingerprint density at radius 3 is 2.53 bits per heavy atom. The fraction of sp³-hybridized carbons (Fsp3) is 0.360. The molecule has 0 radical (unpaired) electrons. The first-order chi connectivity index (χ1) is 15.2. The summed E-state index contributed by atoms with van der Waals surface area (Å²) >= 11 is 0. The van der Waals surface area contributed by atoms with Gasteiger partial charge in [0.2, 0.25) is 11.8 Å². The molecule has 1 N–H and O–H groups in total. The van der Waals surface area contributed by atoms with Crippen molar-refractivity contribution in [3.63, 3.8) is 0 Å². The van der Waals surface area contributed by atoms with Crippen molar-refractivity contribution >= 4 is 23.4 Å². The highest BCUT2D eigenvalue weighted by molar-refractivity contribution is 6.23. The molecule has 5 rings (SSSR count). The third-order valence-electron chi connectivity index (χ3n) is 7.32. The third-order valence-corrected chi connectivity index (χ3v) is 7.32. The van der Waals surface area contributed by atoms with E-state index in [1.54, 1.807) is 25.1 Å². The molecule has 1 saturated heterocycles. The predicted octanol–water partition coefficient (Wildman–Crippen LogP) is 2.46. The molecule has 2 amide bonds. The maximum Gasteiger partial charge on any atom is 0.233 e. The van der Waals surface area contributed by atoms with Crippen molar-refractivity contribution in [1.82, 2.24) is 4.90 Å². The van der Waals surface area contributed by atoms with Crippen molar-refractivity contribution in [3.05, 3.63) is 58.2 Å². The molecule has 4 aliphatic rings. The zero-order valence-electron chi connectivity index (χ0n) is 18.0. The van der Waals surface area contributed by atoms with Crippen LogP contribution in [0.25, 0.3) is 0 Å². The van der Waals surface area contributed by atoms with Gasteiger partial charge in [0.05, 0.1) is 18.9 Å². The van der Waals surface area contributed by atoms with Gasteiger partial charge >= 0.3 is 0 Å². The Labute approximate surface area is 185 Å². The van der Waals surface area contributed by atoms with Crippen molar-refractivity contribution in [2.75, 3.05) is 14.2 Å². The number of methoxy groups -OCH3 is 1. The van der Waals surface area contributed by atoms with Crippen LogP contribution in [0.4, 0.5) is 0 Å². The molecule has 0 aromatic heterocycles.